The van der Waals surface area contributed by atoms with Gasteiger partial charge in [0.05, 0.1) is 11.1 Å². The second-order valence-electron chi connectivity index (χ2n) is 7.46. The molecular weight excluding hydrogens is 368 g/mol. The summed E-state index contributed by atoms with van der Waals surface area (Å²) in [4.78, 5) is 9.40. The molecule has 2 unspecified atom stereocenters. The van der Waals surface area contributed by atoms with Crippen LogP contribution in [-0.2, 0) is 4.74 Å². The molecule has 2 aliphatic rings. The van der Waals surface area contributed by atoms with E-state index in [0.29, 0.717) is 5.92 Å². The maximum absolute atomic E-state index is 6.14. The van der Waals surface area contributed by atoms with Crippen LogP contribution >= 0.6 is 11.3 Å². The summed E-state index contributed by atoms with van der Waals surface area (Å²) in [5, 5.41) is 7.16. The van der Waals surface area contributed by atoms with Crippen LogP contribution in [0.4, 0.5) is 5.00 Å². The van der Waals surface area contributed by atoms with E-state index in [1.54, 1.807) is 0 Å². The molecule has 0 spiro atoms. The fourth-order valence-electron chi connectivity index (χ4n) is 4.21. The summed E-state index contributed by atoms with van der Waals surface area (Å²) in [5.74, 6) is 1.49. The van der Waals surface area contributed by atoms with Gasteiger partial charge in [0.25, 0.3) is 0 Å². The zero-order valence-corrected chi connectivity index (χ0v) is 17.4. The molecule has 1 aromatic heterocycles. The van der Waals surface area contributed by atoms with Crippen molar-refractivity contribution < 1.29 is 4.74 Å². The molecule has 2 aliphatic heterocycles. The quantitative estimate of drug-likeness (QED) is 0.631. The summed E-state index contributed by atoms with van der Waals surface area (Å²) < 4.78 is 6.14. The first-order valence-corrected chi connectivity index (χ1v) is 11.1. The molecule has 2 atom stereocenters. The summed E-state index contributed by atoms with van der Waals surface area (Å²) in [6, 6.07) is 15.0. The van der Waals surface area contributed by atoms with Crippen molar-refractivity contribution in [1.29, 1.82) is 0 Å². The van der Waals surface area contributed by atoms with Crippen LogP contribution in [0.1, 0.15) is 24.5 Å². The molecular formula is C22H30N4OS. The van der Waals surface area contributed by atoms with E-state index in [9.17, 15) is 0 Å². The van der Waals surface area contributed by atoms with Crippen molar-refractivity contribution in [3.05, 3.63) is 53.4 Å². The first-order valence-electron chi connectivity index (χ1n) is 10.3. The van der Waals surface area contributed by atoms with E-state index >= 15 is 0 Å². The number of piperazine rings is 1. The molecule has 1 N–H and O–H groups in total. The van der Waals surface area contributed by atoms with Gasteiger partial charge in [0.1, 0.15) is 0 Å². The van der Waals surface area contributed by atoms with Crippen LogP contribution < -0.4 is 10.2 Å². The lowest BCUT2D eigenvalue weighted by Gasteiger charge is -2.38. The van der Waals surface area contributed by atoms with Gasteiger partial charge in [0, 0.05) is 52.3 Å². The highest BCUT2D eigenvalue weighted by Crippen LogP contribution is 2.33. The Morgan fingerprint density at radius 3 is 2.68 bits per heavy atom. The normalized spacial score (nSPS) is 23.7. The Kier molecular flexibility index (Phi) is 6.49. The monoisotopic (exact) mass is 398 g/mol. The van der Waals surface area contributed by atoms with Crippen molar-refractivity contribution in [3.63, 3.8) is 0 Å². The van der Waals surface area contributed by atoms with Crippen molar-refractivity contribution in [2.75, 3.05) is 51.3 Å². The van der Waals surface area contributed by atoms with Crippen LogP contribution in [-0.4, -0.2) is 57.2 Å². The molecule has 0 amide bonds. The highest BCUT2D eigenvalue weighted by molar-refractivity contribution is 7.14. The van der Waals surface area contributed by atoms with Crippen molar-refractivity contribution in [2.24, 2.45) is 10.9 Å². The molecule has 6 heteroatoms. The van der Waals surface area contributed by atoms with Gasteiger partial charge in [-0.2, -0.15) is 0 Å². The third kappa shape index (κ3) is 4.50. The Morgan fingerprint density at radius 2 is 1.96 bits per heavy atom. The van der Waals surface area contributed by atoms with Crippen molar-refractivity contribution in [2.45, 2.75) is 18.9 Å². The molecule has 3 heterocycles. The summed E-state index contributed by atoms with van der Waals surface area (Å²) >= 11 is 1.82. The third-order valence-electron chi connectivity index (χ3n) is 5.70. The van der Waals surface area contributed by atoms with Gasteiger partial charge in [-0.05, 0) is 35.9 Å². The number of anilines is 1. The predicted molar refractivity (Wildman–Crippen MR) is 117 cm³/mol. The van der Waals surface area contributed by atoms with Gasteiger partial charge in [0.2, 0.25) is 0 Å². The van der Waals surface area contributed by atoms with Crippen LogP contribution in [0.3, 0.4) is 0 Å². The molecule has 1 aromatic carbocycles. The summed E-state index contributed by atoms with van der Waals surface area (Å²) in [7, 11) is 1.89. The highest BCUT2D eigenvalue weighted by atomic mass is 32.1. The van der Waals surface area contributed by atoms with E-state index in [-0.39, 0.29) is 6.10 Å². The average molecular weight is 399 g/mol. The molecule has 0 saturated carbocycles. The van der Waals surface area contributed by atoms with E-state index < -0.39 is 0 Å². The number of thiophene rings is 1. The SMILES string of the molecule is CN=C(NCC1CCCOC1c1ccccc1)N1CCN(c2cccs2)CC1. The molecule has 4 rings (SSSR count). The van der Waals surface area contributed by atoms with E-state index in [2.05, 4.69) is 68.0 Å². The van der Waals surface area contributed by atoms with Crippen LogP contribution in [0.5, 0.6) is 0 Å². The Hall–Kier alpha value is -2.05. The molecule has 2 aromatic rings. The second-order valence-corrected chi connectivity index (χ2v) is 8.38. The predicted octanol–water partition coefficient (Wildman–Crippen LogP) is 3.61. The zero-order chi connectivity index (χ0) is 19.2. The minimum Gasteiger partial charge on any atom is -0.373 e. The van der Waals surface area contributed by atoms with Gasteiger partial charge in [-0.25, -0.2) is 0 Å². The number of hydrogen-bond donors (Lipinski definition) is 1. The summed E-state index contributed by atoms with van der Waals surface area (Å²) in [6.45, 7) is 5.84. The number of nitrogens with one attached hydrogen (secondary N) is 1. The van der Waals surface area contributed by atoms with E-state index in [0.717, 1.165) is 51.7 Å². The Morgan fingerprint density at radius 1 is 1.14 bits per heavy atom. The average Bonchev–Trinajstić information content (AvgIpc) is 3.30. The standard InChI is InChI=1S/C22H30N4OS/c1-23-22(26-13-11-25(12-14-26)20-10-6-16-28-20)24-17-19-9-5-15-27-21(19)18-7-3-2-4-8-18/h2-4,6-8,10,16,19,21H,5,9,11-15,17H2,1H3,(H,23,24). The smallest absolute Gasteiger partial charge is 0.193 e. The van der Waals surface area contributed by atoms with Gasteiger partial charge >= 0.3 is 0 Å². The van der Waals surface area contributed by atoms with Crippen molar-refractivity contribution >= 4 is 22.3 Å². The first kappa shape index (κ1) is 19.3. The van der Waals surface area contributed by atoms with E-state index in [1.165, 1.54) is 17.0 Å². The number of nitrogens with zero attached hydrogens (tertiary/aromatic N) is 3. The minimum atomic E-state index is 0.177. The molecule has 2 saturated heterocycles. The number of ether oxygens (including phenoxy) is 1. The summed E-state index contributed by atoms with van der Waals surface area (Å²) in [6.07, 6.45) is 2.50. The van der Waals surface area contributed by atoms with Crippen molar-refractivity contribution in [1.82, 2.24) is 10.2 Å². The Bertz CT molecular complexity index is 741. The molecule has 0 radical (unpaired) electrons. The van der Waals surface area contributed by atoms with Crippen LogP contribution in [0, 0.1) is 5.92 Å². The number of guanidine groups is 1. The second kappa shape index (κ2) is 9.43. The number of benzene rings is 1. The van der Waals surface area contributed by atoms with Gasteiger partial charge in [0.15, 0.2) is 5.96 Å². The number of hydrogen-bond acceptors (Lipinski definition) is 4. The topological polar surface area (TPSA) is 40.1 Å². The third-order valence-corrected chi connectivity index (χ3v) is 6.63. The lowest BCUT2D eigenvalue weighted by molar-refractivity contribution is -0.0266. The lowest BCUT2D eigenvalue weighted by atomic mass is 9.89. The summed E-state index contributed by atoms with van der Waals surface area (Å²) in [5.41, 5.74) is 1.29. The van der Waals surface area contributed by atoms with Crippen molar-refractivity contribution in [3.8, 4) is 0 Å². The molecule has 0 bridgehead atoms. The fraction of sp³-hybridized carbons (Fsp3) is 0.500. The Labute approximate surface area is 172 Å². The van der Waals surface area contributed by atoms with Gasteiger partial charge in [-0.1, -0.05) is 30.3 Å². The molecule has 5 nitrogen and oxygen atoms in total. The lowest BCUT2D eigenvalue weighted by Crippen LogP contribution is -2.53. The zero-order valence-electron chi connectivity index (χ0n) is 16.6. The molecule has 0 aliphatic carbocycles. The molecule has 28 heavy (non-hydrogen) atoms. The number of aliphatic imine (C=N–C) groups is 1. The highest BCUT2D eigenvalue weighted by Gasteiger charge is 2.28. The van der Waals surface area contributed by atoms with Crippen LogP contribution in [0.2, 0.25) is 0 Å². The maximum Gasteiger partial charge on any atom is 0.193 e. The van der Waals surface area contributed by atoms with Crippen LogP contribution in [0.15, 0.2) is 52.8 Å². The van der Waals surface area contributed by atoms with Gasteiger partial charge in [-0.3, -0.25) is 4.99 Å². The maximum atomic E-state index is 6.14. The number of rotatable bonds is 4. The minimum absolute atomic E-state index is 0.177. The fourth-order valence-corrected chi connectivity index (χ4v) is 4.99. The molecule has 150 valence electrons. The van der Waals surface area contributed by atoms with E-state index in [4.69, 9.17) is 4.74 Å². The first-order chi connectivity index (χ1) is 13.8. The van der Waals surface area contributed by atoms with Gasteiger partial charge < -0.3 is 19.9 Å². The molecule has 2 fully saturated rings. The van der Waals surface area contributed by atoms with Gasteiger partial charge in [-0.15, -0.1) is 11.3 Å². The van der Waals surface area contributed by atoms with E-state index in [1.807, 2.05) is 18.4 Å². The Balaban J connectivity index is 1.32. The largest absolute Gasteiger partial charge is 0.373 e. The van der Waals surface area contributed by atoms with Crippen LogP contribution in [0.25, 0.3) is 0 Å².